The van der Waals surface area contributed by atoms with Gasteiger partial charge in [-0.3, -0.25) is 9.36 Å². The van der Waals surface area contributed by atoms with Gasteiger partial charge in [0.25, 0.3) is 5.56 Å². The van der Waals surface area contributed by atoms with E-state index in [9.17, 15) is 9.18 Å². The van der Waals surface area contributed by atoms with Crippen molar-refractivity contribution in [2.75, 3.05) is 0 Å². The van der Waals surface area contributed by atoms with Crippen LogP contribution in [0.2, 0.25) is 0 Å². The fourth-order valence-electron chi connectivity index (χ4n) is 1.49. The van der Waals surface area contributed by atoms with Gasteiger partial charge in [-0.25, -0.2) is 4.39 Å². The van der Waals surface area contributed by atoms with Crippen molar-refractivity contribution in [3.8, 4) is 0 Å². The zero-order valence-electron chi connectivity index (χ0n) is 8.30. The lowest BCUT2D eigenvalue weighted by Crippen LogP contribution is -2.19. The fraction of sp³-hybridized carbons (Fsp3) is 0.200. The summed E-state index contributed by atoms with van der Waals surface area (Å²) in [6, 6.07) is 2.75. The van der Waals surface area contributed by atoms with Crippen LogP contribution < -0.4 is 5.56 Å². The van der Waals surface area contributed by atoms with E-state index in [0.717, 1.165) is 0 Å². The van der Waals surface area contributed by atoms with E-state index in [2.05, 4.69) is 4.98 Å². The van der Waals surface area contributed by atoms with Gasteiger partial charge in [0, 0.05) is 12.6 Å². The van der Waals surface area contributed by atoms with Crippen LogP contribution in [0.1, 0.15) is 5.56 Å². The van der Waals surface area contributed by atoms with Crippen molar-refractivity contribution in [2.24, 2.45) is 7.05 Å². The highest BCUT2D eigenvalue weighted by Crippen LogP contribution is 2.15. The van der Waals surface area contributed by atoms with Crippen LogP contribution in [0, 0.1) is 17.5 Å². The van der Waals surface area contributed by atoms with Crippen molar-refractivity contribution in [3.63, 3.8) is 0 Å². The Kier molecular flexibility index (Phi) is 2.19. The summed E-state index contributed by atoms with van der Waals surface area (Å²) in [6.45, 7) is 1.61. The van der Waals surface area contributed by atoms with Gasteiger partial charge in [-0.2, -0.15) is 0 Å². The Labute approximate surface area is 90.2 Å². The number of fused-ring (bicyclic) bond motifs is 1. The van der Waals surface area contributed by atoms with Crippen LogP contribution >= 0.6 is 12.2 Å². The third kappa shape index (κ3) is 1.39. The molecule has 3 nitrogen and oxygen atoms in total. The van der Waals surface area contributed by atoms with E-state index in [0.29, 0.717) is 21.2 Å². The van der Waals surface area contributed by atoms with Crippen molar-refractivity contribution in [1.29, 1.82) is 0 Å². The van der Waals surface area contributed by atoms with E-state index in [-0.39, 0.29) is 11.4 Å². The Morgan fingerprint density at radius 2 is 2.13 bits per heavy atom. The van der Waals surface area contributed by atoms with Crippen LogP contribution in [-0.2, 0) is 7.05 Å². The Hall–Kier alpha value is -1.49. The average molecular weight is 224 g/mol. The van der Waals surface area contributed by atoms with Crippen LogP contribution in [-0.4, -0.2) is 9.55 Å². The number of rotatable bonds is 0. The Morgan fingerprint density at radius 1 is 1.47 bits per heavy atom. The molecule has 1 aromatic carbocycles. The number of H-pyrrole nitrogens is 1. The molecule has 1 heterocycles. The molecule has 0 unspecified atom stereocenters. The first kappa shape index (κ1) is 10.0. The van der Waals surface area contributed by atoms with E-state index >= 15 is 0 Å². The third-order valence-corrected chi connectivity index (χ3v) is 2.85. The van der Waals surface area contributed by atoms with E-state index in [4.69, 9.17) is 12.2 Å². The molecule has 0 saturated heterocycles. The molecular formula is C10H9FN2OS. The molecule has 78 valence electrons. The van der Waals surface area contributed by atoms with E-state index in [1.807, 2.05) is 0 Å². The maximum Gasteiger partial charge on any atom is 0.261 e. The molecule has 0 saturated carbocycles. The summed E-state index contributed by atoms with van der Waals surface area (Å²) >= 11 is 4.96. The molecule has 2 rings (SSSR count). The lowest BCUT2D eigenvalue weighted by molar-refractivity contribution is 0.620. The summed E-state index contributed by atoms with van der Waals surface area (Å²) in [5, 5.41) is 0.449. The highest BCUT2D eigenvalue weighted by Gasteiger charge is 2.07. The molecular weight excluding hydrogens is 215 g/mol. The van der Waals surface area contributed by atoms with Gasteiger partial charge in [0.1, 0.15) is 5.82 Å². The van der Waals surface area contributed by atoms with Crippen molar-refractivity contribution < 1.29 is 4.39 Å². The topological polar surface area (TPSA) is 37.8 Å². The monoisotopic (exact) mass is 224 g/mol. The minimum Gasteiger partial charge on any atom is -0.331 e. The first-order valence-electron chi connectivity index (χ1n) is 4.40. The Bertz CT molecular complexity index is 657. The largest absolute Gasteiger partial charge is 0.331 e. The second-order valence-electron chi connectivity index (χ2n) is 3.39. The zero-order valence-corrected chi connectivity index (χ0v) is 9.11. The van der Waals surface area contributed by atoms with Gasteiger partial charge < -0.3 is 4.98 Å². The van der Waals surface area contributed by atoms with Gasteiger partial charge in [-0.1, -0.05) is 0 Å². The van der Waals surface area contributed by atoms with Crippen molar-refractivity contribution in [3.05, 3.63) is 38.6 Å². The van der Waals surface area contributed by atoms with Gasteiger partial charge in [0.2, 0.25) is 0 Å². The Morgan fingerprint density at radius 3 is 2.80 bits per heavy atom. The lowest BCUT2D eigenvalue weighted by Gasteiger charge is -2.05. The first-order chi connectivity index (χ1) is 7.02. The number of hydrogen-bond acceptors (Lipinski definition) is 2. The summed E-state index contributed by atoms with van der Waals surface area (Å²) in [7, 11) is 1.58. The molecule has 0 amide bonds. The fourth-order valence-corrected chi connectivity index (χ4v) is 1.67. The second-order valence-corrected chi connectivity index (χ2v) is 3.78. The molecule has 1 N–H and O–H groups in total. The van der Waals surface area contributed by atoms with Crippen molar-refractivity contribution in [2.45, 2.75) is 6.92 Å². The van der Waals surface area contributed by atoms with Gasteiger partial charge >= 0.3 is 0 Å². The number of aryl methyl sites for hydroxylation is 1. The molecule has 2 aromatic rings. The molecule has 0 fully saturated rings. The van der Waals surface area contributed by atoms with Crippen LogP contribution in [0.3, 0.4) is 0 Å². The SMILES string of the molecule is Cc1c(F)ccc2c(=O)n(C)c(=S)[nH]c12. The minimum absolute atomic E-state index is 0.211. The number of nitrogens with one attached hydrogen (secondary N) is 1. The summed E-state index contributed by atoms with van der Waals surface area (Å²) in [5.41, 5.74) is 0.677. The van der Waals surface area contributed by atoms with E-state index in [1.54, 1.807) is 14.0 Å². The first-order valence-corrected chi connectivity index (χ1v) is 4.81. The molecule has 1 aromatic heterocycles. The maximum atomic E-state index is 13.2. The van der Waals surface area contributed by atoms with Crippen LogP contribution in [0.5, 0.6) is 0 Å². The summed E-state index contributed by atoms with van der Waals surface area (Å²) in [5.74, 6) is -0.346. The number of hydrogen-bond donors (Lipinski definition) is 1. The predicted octanol–water partition coefficient (Wildman–Crippen LogP) is 2.04. The number of benzene rings is 1. The van der Waals surface area contributed by atoms with Crippen molar-refractivity contribution in [1.82, 2.24) is 9.55 Å². The standard InChI is InChI=1S/C10H9FN2OS/c1-5-7(11)4-3-6-8(5)12-10(15)13(2)9(6)14/h3-4H,1-2H3,(H,12,15). The highest BCUT2D eigenvalue weighted by molar-refractivity contribution is 7.71. The molecule has 0 aliphatic heterocycles. The average Bonchev–Trinajstić information content (AvgIpc) is 2.21. The number of halogens is 1. The lowest BCUT2D eigenvalue weighted by atomic mass is 10.1. The van der Waals surface area contributed by atoms with E-state index < -0.39 is 0 Å². The normalized spacial score (nSPS) is 10.9. The van der Waals surface area contributed by atoms with Gasteiger partial charge in [0.15, 0.2) is 4.77 Å². The van der Waals surface area contributed by atoms with Crippen LogP contribution in [0.25, 0.3) is 10.9 Å². The number of aromatic amines is 1. The summed E-state index contributed by atoms with van der Waals surface area (Å²) < 4.78 is 14.9. The van der Waals surface area contributed by atoms with Crippen LogP contribution in [0.4, 0.5) is 4.39 Å². The quantitative estimate of drug-likeness (QED) is 0.695. The maximum absolute atomic E-state index is 13.2. The second kappa shape index (κ2) is 3.27. The van der Waals surface area contributed by atoms with Crippen molar-refractivity contribution >= 4 is 23.1 Å². The highest BCUT2D eigenvalue weighted by atomic mass is 32.1. The van der Waals surface area contributed by atoms with Gasteiger partial charge in [0.05, 0.1) is 10.9 Å². The third-order valence-electron chi connectivity index (χ3n) is 2.47. The molecule has 0 atom stereocenters. The van der Waals surface area contributed by atoms with Gasteiger partial charge in [-0.15, -0.1) is 0 Å². The Balaban J connectivity index is 3.13. The number of aromatic nitrogens is 2. The zero-order chi connectivity index (χ0) is 11.2. The minimum atomic E-state index is -0.346. The smallest absolute Gasteiger partial charge is 0.261 e. The molecule has 0 radical (unpaired) electrons. The van der Waals surface area contributed by atoms with Gasteiger partial charge in [-0.05, 0) is 31.3 Å². The summed E-state index contributed by atoms with van der Waals surface area (Å²) in [6.07, 6.45) is 0. The molecule has 5 heteroatoms. The molecule has 15 heavy (non-hydrogen) atoms. The molecule has 0 aliphatic carbocycles. The summed E-state index contributed by atoms with van der Waals surface area (Å²) in [4.78, 5) is 14.6. The molecule has 0 aliphatic rings. The van der Waals surface area contributed by atoms with E-state index in [1.165, 1.54) is 16.7 Å². The number of nitrogens with zero attached hydrogens (tertiary/aromatic N) is 1. The van der Waals surface area contributed by atoms with Crippen LogP contribution in [0.15, 0.2) is 16.9 Å². The molecule has 0 bridgehead atoms. The predicted molar refractivity (Wildman–Crippen MR) is 59.1 cm³/mol. The molecule has 0 spiro atoms.